The summed E-state index contributed by atoms with van der Waals surface area (Å²) in [4.78, 5) is 14.8. The first kappa shape index (κ1) is 22.9. The second kappa shape index (κ2) is 10.4. The van der Waals surface area contributed by atoms with Crippen molar-refractivity contribution in [3.05, 3.63) is 50.9 Å². The molecular weight excluding hydrogens is 461 g/mol. The van der Waals surface area contributed by atoms with Gasteiger partial charge in [0.15, 0.2) is 0 Å². The van der Waals surface area contributed by atoms with Crippen LogP contribution in [0.2, 0.25) is 25.7 Å². The highest BCUT2D eigenvalue weighted by molar-refractivity contribution is 9.10. The van der Waals surface area contributed by atoms with Crippen LogP contribution in [-0.2, 0) is 4.74 Å². The van der Waals surface area contributed by atoms with Gasteiger partial charge in [0.1, 0.15) is 17.7 Å². The Morgan fingerprint density at radius 2 is 2.07 bits per heavy atom. The highest BCUT2D eigenvalue weighted by atomic mass is 79.9. The van der Waals surface area contributed by atoms with Crippen molar-refractivity contribution in [1.82, 2.24) is 4.90 Å². The predicted octanol–water partition coefficient (Wildman–Crippen LogP) is 6.57. The molecule has 0 fully saturated rings. The van der Waals surface area contributed by atoms with Crippen LogP contribution < -0.4 is 4.74 Å². The zero-order valence-corrected chi connectivity index (χ0v) is 20.1. The van der Waals surface area contributed by atoms with E-state index in [-0.39, 0.29) is 18.0 Å². The van der Waals surface area contributed by atoms with Gasteiger partial charge in [-0.1, -0.05) is 25.7 Å². The summed E-state index contributed by atoms with van der Waals surface area (Å²) >= 11 is 4.94. The van der Waals surface area contributed by atoms with E-state index >= 15 is 0 Å². The van der Waals surface area contributed by atoms with Crippen molar-refractivity contribution in [2.45, 2.75) is 38.2 Å². The summed E-state index contributed by atoms with van der Waals surface area (Å²) in [5.74, 6) is 0.243. The molecule has 0 aliphatic carbocycles. The van der Waals surface area contributed by atoms with Crippen LogP contribution >= 0.6 is 27.3 Å². The third kappa shape index (κ3) is 7.56. The van der Waals surface area contributed by atoms with Crippen molar-refractivity contribution in [3.63, 3.8) is 0 Å². The van der Waals surface area contributed by atoms with Gasteiger partial charge in [-0.25, -0.2) is 9.18 Å². The molecule has 1 unspecified atom stereocenters. The molecule has 0 aliphatic rings. The smallest absolute Gasteiger partial charge is 0.409 e. The van der Waals surface area contributed by atoms with Crippen molar-refractivity contribution in [1.29, 1.82) is 0 Å². The van der Waals surface area contributed by atoms with Crippen LogP contribution in [0.1, 0.15) is 17.4 Å². The Balaban J connectivity index is 1.95. The molecule has 0 aliphatic heterocycles. The number of thiophene rings is 1. The second-order valence-corrected chi connectivity index (χ2v) is 15.3. The largest absolute Gasteiger partial charge is 0.484 e. The summed E-state index contributed by atoms with van der Waals surface area (Å²) in [6, 6.07) is 9.26. The summed E-state index contributed by atoms with van der Waals surface area (Å²) in [5.41, 5.74) is 0. The van der Waals surface area contributed by atoms with Gasteiger partial charge in [0.25, 0.3) is 0 Å². The topological polar surface area (TPSA) is 38.8 Å². The maximum atomic E-state index is 13.3. The number of halogens is 2. The average molecular weight is 488 g/mol. The first-order valence-corrected chi connectivity index (χ1v) is 14.6. The minimum atomic E-state index is -1.23. The van der Waals surface area contributed by atoms with E-state index in [4.69, 9.17) is 9.47 Å². The minimum Gasteiger partial charge on any atom is -0.484 e. The molecule has 2 rings (SSSR count). The summed E-state index contributed by atoms with van der Waals surface area (Å²) in [5, 5.41) is 1.99. The van der Waals surface area contributed by atoms with Gasteiger partial charge in [0.05, 0.1) is 11.1 Å². The van der Waals surface area contributed by atoms with E-state index < -0.39 is 8.07 Å². The molecule has 0 saturated heterocycles. The molecule has 1 aromatic carbocycles. The highest BCUT2D eigenvalue weighted by Crippen LogP contribution is 2.33. The summed E-state index contributed by atoms with van der Waals surface area (Å²) < 4.78 is 25.4. The van der Waals surface area contributed by atoms with E-state index in [1.807, 2.05) is 17.5 Å². The van der Waals surface area contributed by atoms with E-state index in [1.54, 1.807) is 29.4 Å². The van der Waals surface area contributed by atoms with Crippen LogP contribution in [0.15, 0.2) is 40.2 Å². The molecule has 0 saturated carbocycles. The van der Waals surface area contributed by atoms with Gasteiger partial charge in [0.2, 0.25) is 0 Å². The number of rotatable bonds is 9. The molecule has 4 nitrogen and oxygen atoms in total. The first-order valence-electron chi connectivity index (χ1n) is 9.19. The molecule has 0 radical (unpaired) electrons. The van der Waals surface area contributed by atoms with Crippen LogP contribution in [0, 0.1) is 5.82 Å². The fraction of sp³-hybridized carbons (Fsp3) is 0.450. The van der Waals surface area contributed by atoms with Crippen molar-refractivity contribution in [3.8, 4) is 5.75 Å². The van der Waals surface area contributed by atoms with E-state index in [0.717, 1.165) is 10.9 Å². The lowest BCUT2D eigenvalue weighted by Crippen LogP contribution is -2.31. The predicted molar refractivity (Wildman–Crippen MR) is 119 cm³/mol. The maximum absolute atomic E-state index is 13.3. The van der Waals surface area contributed by atoms with E-state index in [1.165, 1.54) is 12.1 Å². The van der Waals surface area contributed by atoms with Gasteiger partial charge in [-0.3, -0.25) is 0 Å². The van der Waals surface area contributed by atoms with Crippen molar-refractivity contribution >= 4 is 41.4 Å². The number of hydrogen-bond donors (Lipinski definition) is 0. The molecule has 8 heteroatoms. The number of benzene rings is 1. The minimum absolute atomic E-state index is 0.237. The molecule has 1 heterocycles. The fourth-order valence-electron chi connectivity index (χ4n) is 2.41. The van der Waals surface area contributed by atoms with Crippen LogP contribution in [0.4, 0.5) is 9.18 Å². The highest BCUT2D eigenvalue weighted by Gasteiger charge is 2.20. The molecule has 2 aromatic rings. The summed E-state index contributed by atoms with van der Waals surface area (Å²) in [7, 11) is 0.502. The fourth-order valence-corrected chi connectivity index (χ4v) is 4.36. The summed E-state index contributed by atoms with van der Waals surface area (Å²) in [6.07, 6.45) is 0.0503. The molecular formula is C20H27BrFNO3SSi. The van der Waals surface area contributed by atoms with Gasteiger partial charge in [0, 0.05) is 33.0 Å². The number of amides is 1. The Labute approximate surface area is 179 Å². The zero-order chi connectivity index (χ0) is 20.7. The Morgan fingerprint density at radius 3 is 2.68 bits per heavy atom. The van der Waals surface area contributed by atoms with E-state index in [2.05, 4.69) is 35.6 Å². The molecule has 0 spiro atoms. The molecule has 1 amide bonds. The Kier molecular flexibility index (Phi) is 8.51. The third-order valence-corrected chi connectivity index (χ3v) is 7.43. The Hall–Kier alpha value is -1.38. The van der Waals surface area contributed by atoms with E-state index in [9.17, 15) is 9.18 Å². The van der Waals surface area contributed by atoms with Gasteiger partial charge >= 0.3 is 6.09 Å². The van der Waals surface area contributed by atoms with Gasteiger partial charge in [-0.05, 0) is 51.6 Å². The molecule has 1 aromatic heterocycles. The average Bonchev–Trinajstić information content (AvgIpc) is 3.13. The van der Waals surface area contributed by atoms with Gasteiger partial charge < -0.3 is 14.4 Å². The normalized spacial score (nSPS) is 12.5. The first-order chi connectivity index (χ1) is 13.2. The lowest BCUT2D eigenvalue weighted by molar-refractivity contribution is 0.108. The van der Waals surface area contributed by atoms with Crippen LogP contribution in [0.25, 0.3) is 0 Å². The standard InChI is InChI=1S/C20H27BrFNO3SSi/c1-23(20(24)25-11-13-28(2,3)4)10-9-18(19-6-5-12-27-19)26-17-8-7-15(22)14-16(17)21/h5-8,12,14,18H,9-11,13H2,1-4H3. The molecule has 0 bridgehead atoms. The molecule has 28 heavy (non-hydrogen) atoms. The summed E-state index contributed by atoms with van der Waals surface area (Å²) in [6.45, 7) is 7.71. The third-order valence-electron chi connectivity index (χ3n) is 4.14. The number of hydrogen-bond acceptors (Lipinski definition) is 4. The van der Waals surface area contributed by atoms with E-state index in [0.29, 0.717) is 29.8 Å². The van der Waals surface area contributed by atoms with Gasteiger partial charge in [-0.2, -0.15) is 0 Å². The number of ether oxygens (including phenoxy) is 2. The van der Waals surface area contributed by atoms with Gasteiger partial charge in [-0.15, -0.1) is 11.3 Å². The number of nitrogens with zero attached hydrogens (tertiary/aromatic N) is 1. The Bertz CT molecular complexity index is 767. The number of carbonyl (C=O) groups is 1. The molecule has 1 atom stereocenters. The quantitative estimate of drug-likeness (QED) is 0.375. The van der Waals surface area contributed by atoms with Crippen molar-refractivity contribution in [2.24, 2.45) is 0 Å². The Morgan fingerprint density at radius 1 is 1.32 bits per heavy atom. The lowest BCUT2D eigenvalue weighted by Gasteiger charge is -2.23. The van der Waals surface area contributed by atoms with Crippen LogP contribution in [-0.4, -0.2) is 39.3 Å². The zero-order valence-electron chi connectivity index (χ0n) is 16.7. The maximum Gasteiger partial charge on any atom is 0.409 e. The van der Waals surface area contributed by atoms with Crippen LogP contribution in [0.5, 0.6) is 5.75 Å². The SMILES string of the molecule is CN(CCC(Oc1ccc(F)cc1Br)c1cccs1)C(=O)OCC[Si](C)(C)C. The van der Waals surface area contributed by atoms with Crippen LogP contribution in [0.3, 0.4) is 0 Å². The monoisotopic (exact) mass is 487 g/mol. The molecule has 0 N–H and O–H groups in total. The molecule has 154 valence electrons. The van der Waals surface area contributed by atoms with Crippen molar-refractivity contribution in [2.75, 3.05) is 20.2 Å². The van der Waals surface area contributed by atoms with Crippen molar-refractivity contribution < 1.29 is 18.7 Å². The number of carbonyl (C=O) groups excluding carboxylic acids is 1. The lowest BCUT2D eigenvalue weighted by atomic mass is 10.2. The second-order valence-electron chi connectivity index (χ2n) is 7.83.